The molecule has 10 nitrogen and oxygen atoms in total. The molecule has 4 rings (SSSR count). The van der Waals surface area contributed by atoms with Gasteiger partial charge in [0, 0.05) is 45.4 Å². The molecule has 0 bridgehead atoms. The van der Waals surface area contributed by atoms with Gasteiger partial charge in [0.2, 0.25) is 10.0 Å². The number of pyridine rings is 1. The maximum Gasteiger partial charge on any atom is 0.275 e. The quantitative estimate of drug-likeness (QED) is 0.545. The molecule has 11 heteroatoms. The summed E-state index contributed by atoms with van der Waals surface area (Å²) >= 11 is 0. The van der Waals surface area contributed by atoms with Gasteiger partial charge in [0.05, 0.1) is 24.4 Å². The monoisotopic (exact) mass is 430 g/mol. The predicted octanol–water partition coefficient (Wildman–Crippen LogP) is 0.790. The molecule has 1 fully saturated rings. The number of methoxy groups -OCH3 is 1. The zero-order chi connectivity index (χ0) is 21.3. The first-order chi connectivity index (χ1) is 14.4. The van der Waals surface area contributed by atoms with Crippen LogP contribution < -0.4 is 0 Å². The van der Waals surface area contributed by atoms with E-state index in [2.05, 4.69) is 15.3 Å². The zero-order valence-electron chi connectivity index (χ0n) is 16.7. The summed E-state index contributed by atoms with van der Waals surface area (Å²) in [4.78, 5) is 18.3. The van der Waals surface area contributed by atoms with E-state index >= 15 is 0 Å². The number of amides is 1. The smallest absolute Gasteiger partial charge is 0.275 e. The molecule has 2 aromatic heterocycles. The molecule has 0 spiro atoms. The van der Waals surface area contributed by atoms with Crippen molar-refractivity contribution in [1.82, 2.24) is 29.2 Å². The summed E-state index contributed by atoms with van der Waals surface area (Å²) in [6.07, 6.45) is 3.14. The number of rotatable bonds is 7. The SMILES string of the molecule is COCCN(C)C(=O)c1cn(C2CN(S(=O)(=O)c3cccc4cccnc34)C2)nn1. The van der Waals surface area contributed by atoms with E-state index in [0.29, 0.717) is 18.7 Å². The number of fused-ring (bicyclic) bond motifs is 1. The minimum Gasteiger partial charge on any atom is -0.383 e. The number of sulfonamides is 1. The Kier molecular flexibility index (Phi) is 5.50. The van der Waals surface area contributed by atoms with Gasteiger partial charge in [-0.1, -0.05) is 23.4 Å². The van der Waals surface area contributed by atoms with Gasteiger partial charge in [0.15, 0.2) is 5.69 Å². The minimum atomic E-state index is -3.68. The van der Waals surface area contributed by atoms with Crippen LogP contribution in [0.5, 0.6) is 0 Å². The van der Waals surface area contributed by atoms with Crippen molar-refractivity contribution in [3.8, 4) is 0 Å². The van der Waals surface area contributed by atoms with Crippen molar-refractivity contribution in [3.63, 3.8) is 0 Å². The van der Waals surface area contributed by atoms with Crippen LogP contribution in [0.3, 0.4) is 0 Å². The number of hydrogen-bond acceptors (Lipinski definition) is 7. The van der Waals surface area contributed by atoms with Gasteiger partial charge >= 0.3 is 0 Å². The first-order valence-corrected chi connectivity index (χ1v) is 10.9. The summed E-state index contributed by atoms with van der Waals surface area (Å²) in [5.41, 5.74) is 0.671. The molecule has 0 N–H and O–H groups in total. The number of para-hydroxylation sites is 1. The molecule has 1 amide bonds. The summed E-state index contributed by atoms with van der Waals surface area (Å²) in [5, 5.41) is 8.72. The number of carbonyl (C=O) groups is 1. The Morgan fingerprint density at radius 2 is 2.03 bits per heavy atom. The highest BCUT2D eigenvalue weighted by Gasteiger charge is 2.39. The number of nitrogens with zero attached hydrogens (tertiary/aromatic N) is 6. The molecule has 1 saturated heterocycles. The van der Waals surface area contributed by atoms with E-state index in [4.69, 9.17) is 4.74 Å². The summed E-state index contributed by atoms with van der Waals surface area (Å²) in [7, 11) is -0.451. The molecule has 3 aromatic rings. The van der Waals surface area contributed by atoms with E-state index in [1.165, 1.54) is 9.21 Å². The number of aromatic nitrogens is 4. The maximum atomic E-state index is 13.1. The molecule has 30 heavy (non-hydrogen) atoms. The van der Waals surface area contributed by atoms with Crippen LogP contribution in [0.1, 0.15) is 16.5 Å². The average molecular weight is 430 g/mol. The van der Waals surface area contributed by atoms with Gasteiger partial charge in [-0.3, -0.25) is 9.78 Å². The zero-order valence-corrected chi connectivity index (χ0v) is 17.5. The topological polar surface area (TPSA) is 111 Å². The van der Waals surface area contributed by atoms with Gasteiger partial charge < -0.3 is 9.64 Å². The van der Waals surface area contributed by atoms with E-state index in [0.717, 1.165) is 5.39 Å². The lowest BCUT2D eigenvalue weighted by Crippen LogP contribution is -2.50. The second-order valence-electron chi connectivity index (χ2n) is 7.11. The van der Waals surface area contributed by atoms with Crippen molar-refractivity contribution >= 4 is 26.8 Å². The number of likely N-dealkylation sites (N-methyl/N-ethyl adjacent to an activating group) is 1. The Hall–Kier alpha value is -2.89. The van der Waals surface area contributed by atoms with Crippen LogP contribution in [0.15, 0.2) is 47.6 Å². The van der Waals surface area contributed by atoms with Crippen molar-refractivity contribution in [2.45, 2.75) is 10.9 Å². The van der Waals surface area contributed by atoms with E-state index < -0.39 is 10.0 Å². The third-order valence-electron chi connectivity index (χ3n) is 5.12. The second kappa shape index (κ2) is 8.09. The van der Waals surface area contributed by atoms with Crippen molar-refractivity contribution in [2.24, 2.45) is 0 Å². The maximum absolute atomic E-state index is 13.1. The first kappa shape index (κ1) is 20.4. The van der Waals surface area contributed by atoms with Crippen LogP contribution in [0.2, 0.25) is 0 Å². The van der Waals surface area contributed by atoms with Gasteiger partial charge in [0.1, 0.15) is 4.90 Å². The molecule has 0 aliphatic carbocycles. The van der Waals surface area contributed by atoms with Gasteiger partial charge in [-0.25, -0.2) is 13.1 Å². The molecule has 1 aliphatic heterocycles. The third-order valence-corrected chi connectivity index (χ3v) is 6.99. The summed E-state index contributed by atoms with van der Waals surface area (Å²) in [6, 6.07) is 8.54. The summed E-state index contributed by atoms with van der Waals surface area (Å²) < 4.78 is 34.1. The molecular formula is C19H22N6O4S. The average Bonchev–Trinajstić information content (AvgIpc) is 3.19. The third kappa shape index (κ3) is 3.66. The number of ether oxygens (including phenoxy) is 1. The second-order valence-corrected chi connectivity index (χ2v) is 9.02. The van der Waals surface area contributed by atoms with Crippen LogP contribution in [0.4, 0.5) is 0 Å². The molecule has 0 atom stereocenters. The lowest BCUT2D eigenvalue weighted by Gasteiger charge is -2.37. The van der Waals surface area contributed by atoms with Crippen molar-refractivity contribution in [3.05, 3.63) is 48.4 Å². The van der Waals surface area contributed by atoms with Crippen LogP contribution in [-0.2, 0) is 14.8 Å². The molecule has 0 unspecified atom stereocenters. The molecule has 1 aliphatic rings. The predicted molar refractivity (Wildman–Crippen MR) is 108 cm³/mol. The molecule has 158 valence electrons. The van der Waals surface area contributed by atoms with Gasteiger partial charge in [-0.15, -0.1) is 5.10 Å². The van der Waals surface area contributed by atoms with Gasteiger partial charge in [-0.05, 0) is 12.1 Å². The highest BCUT2D eigenvalue weighted by molar-refractivity contribution is 7.89. The summed E-state index contributed by atoms with van der Waals surface area (Å²) in [5.74, 6) is -0.260. The Morgan fingerprint density at radius 3 is 2.80 bits per heavy atom. The van der Waals surface area contributed by atoms with Crippen LogP contribution in [-0.4, -0.2) is 83.9 Å². The molecule has 0 saturated carbocycles. The van der Waals surface area contributed by atoms with Gasteiger partial charge in [-0.2, -0.15) is 4.31 Å². The van der Waals surface area contributed by atoms with Crippen LogP contribution in [0, 0.1) is 0 Å². The first-order valence-electron chi connectivity index (χ1n) is 9.42. The van der Waals surface area contributed by atoms with Crippen LogP contribution in [0.25, 0.3) is 10.9 Å². The summed E-state index contributed by atoms with van der Waals surface area (Å²) in [6.45, 7) is 1.37. The Labute approximate surface area is 174 Å². The largest absolute Gasteiger partial charge is 0.383 e. The molecular weight excluding hydrogens is 408 g/mol. The van der Waals surface area contributed by atoms with Crippen molar-refractivity contribution < 1.29 is 17.9 Å². The fraction of sp³-hybridized carbons (Fsp3) is 0.368. The van der Waals surface area contributed by atoms with E-state index in [1.807, 2.05) is 12.1 Å². The van der Waals surface area contributed by atoms with E-state index in [1.54, 1.807) is 49.4 Å². The Morgan fingerprint density at radius 1 is 1.27 bits per heavy atom. The molecule has 1 aromatic carbocycles. The van der Waals surface area contributed by atoms with E-state index in [9.17, 15) is 13.2 Å². The van der Waals surface area contributed by atoms with Crippen molar-refractivity contribution in [1.29, 1.82) is 0 Å². The van der Waals surface area contributed by atoms with Gasteiger partial charge in [0.25, 0.3) is 5.91 Å². The molecule has 3 heterocycles. The highest BCUT2D eigenvalue weighted by Crippen LogP contribution is 2.30. The van der Waals surface area contributed by atoms with Crippen LogP contribution >= 0.6 is 0 Å². The Balaban J connectivity index is 1.46. The van der Waals surface area contributed by atoms with E-state index in [-0.39, 0.29) is 35.6 Å². The fourth-order valence-electron chi connectivity index (χ4n) is 3.28. The fourth-order valence-corrected chi connectivity index (χ4v) is 4.96. The number of hydrogen-bond donors (Lipinski definition) is 0. The Bertz CT molecular complexity index is 1170. The number of carbonyl (C=O) groups excluding carboxylic acids is 1. The van der Waals surface area contributed by atoms with Crippen molar-refractivity contribution in [2.75, 3.05) is 40.4 Å². The minimum absolute atomic E-state index is 0.180. The highest BCUT2D eigenvalue weighted by atomic mass is 32.2. The lowest BCUT2D eigenvalue weighted by atomic mass is 10.2. The lowest BCUT2D eigenvalue weighted by molar-refractivity contribution is 0.0738. The molecule has 0 radical (unpaired) electrons. The normalized spacial score (nSPS) is 15.3. The standard InChI is InChI=1S/C19H22N6O4S/c1-23(9-10-29-2)19(26)16-13-25(22-21-16)15-11-24(12-15)30(27,28)17-7-3-5-14-6-4-8-20-18(14)17/h3-8,13,15H,9-12H2,1-2H3. The number of benzene rings is 1.